The van der Waals surface area contributed by atoms with Crippen LogP contribution in [0.2, 0.25) is 0 Å². The van der Waals surface area contributed by atoms with E-state index in [0.717, 1.165) is 21.1 Å². The number of rotatable bonds is 3. The molecule has 0 radical (unpaired) electrons. The van der Waals surface area contributed by atoms with Crippen LogP contribution in [0, 0.1) is 0 Å². The minimum absolute atomic E-state index is 0.224. The van der Waals surface area contributed by atoms with Crippen LogP contribution < -0.4 is 5.32 Å². The molecule has 2 aromatic carbocycles. The number of aromatic nitrogens is 5. The Balaban J connectivity index is 1.62. The Morgan fingerprint density at radius 3 is 2.92 bits per heavy atom. The molecule has 0 fully saturated rings. The topological polar surface area (TPSA) is 88.5 Å². The fourth-order valence-electron chi connectivity index (χ4n) is 2.38. The Hall–Kier alpha value is -3.00. The van der Waals surface area contributed by atoms with Crippen molar-refractivity contribution in [2.24, 2.45) is 0 Å². The van der Waals surface area contributed by atoms with E-state index in [1.165, 1.54) is 0 Å². The predicted octanol–water partition coefficient (Wildman–Crippen LogP) is 3.16. The molecule has 2 heterocycles. The van der Waals surface area contributed by atoms with Crippen LogP contribution in [0.5, 0.6) is 0 Å². The van der Waals surface area contributed by atoms with Gasteiger partial charge in [-0.3, -0.25) is 9.89 Å². The summed E-state index contributed by atoms with van der Waals surface area (Å²) in [5, 5.41) is 18.6. The molecule has 7 nitrogen and oxygen atoms in total. The number of nitrogens with zero attached hydrogens (tertiary/aromatic N) is 4. The third-order valence-electron chi connectivity index (χ3n) is 3.55. The zero-order valence-electron chi connectivity index (χ0n) is 12.3. The molecule has 0 unspecified atom stereocenters. The fraction of sp³-hybridized carbons (Fsp3) is 0. The summed E-state index contributed by atoms with van der Waals surface area (Å²) in [5.74, 6) is -0.338. The molecule has 0 saturated heterocycles. The fourth-order valence-corrected chi connectivity index (χ4v) is 2.85. The molecule has 1 amide bonds. The summed E-state index contributed by atoms with van der Waals surface area (Å²) in [6.07, 6.45) is 3.29. The number of carbonyl (C=O) groups is 1. The van der Waals surface area contributed by atoms with E-state index in [-0.39, 0.29) is 11.6 Å². The highest BCUT2D eigenvalue weighted by Gasteiger charge is 2.14. The van der Waals surface area contributed by atoms with Crippen LogP contribution in [-0.4, -0.2) is 31.1 Å². The van der Waals surface area contributed by atoms with Gasteiger partial charge >= 0.3 is 0 Å². The van der Waals surface area contributed by atoms with Gasteiger partial charge < -0.3 is 5.32 Å². The van der Waals surface area contributed by atoms with E-state index in [9.17, 15) is 4.79 Å². The number of hydrogen-bond donors (Lipinski definition) is 2. The quantitative estimate of drug-likeness (QED) is 0.569. The Morgan fingerprint density at radius 2 is 2.04 bits per heavy atom. The second-order valence-electron chi connectivity index (χ2n) is 5.09. The number of amides is 1. The SMILES string of the molecule is O=C(Nc1cccc2cn[nH]c12)c1cn(-c2ccccc2Br)nn1. The van der Waals surface area contributed by atoms with Gasteiger partial charge in [-0.2, -0.15) is 5.10 Å². The summed E-state index contributed by atoms with van der Waals surface area (Å²) in [7, 11) is 0. The number of benzene rings is 2. The molecule has 8 heteroatoms. The van der Waals surface area contributed by atoms with Crippen molar-refractivity contribution < 1.29 is 4.79 Å². The van der Waals surface area contributed by atoms with Crippen molar-refractivity contribution in [1.82, 2.24) is 25.2 Å². The van der Waals surface area contributed by atoms with E-state index < -0.39 is 0 Å². The van der Waals surface area contributed by atoms with Gasteiger partial charge in [0.25, 0.3) is 5.91 Å². The molecule has 0 spiro atoms. The number of anilines is 1. The van der Waals surface area contributed by atoms with Crippen LogP contribution in [0.4, 0.5) is 5.69 Å². The number of carbonyl (C=O) groups excluding carboxylic acids is 1. The van der Waals surface area contributed by atoms with Crippen LogP contribution >= 0.6 is 15.9 Å². The molecule has 0 saturated carbocycles. The van der Waals surface area contributed by atoms with E-state index in [1.54, 1.807) is 23.1 Å². The van der Waals surface area contributed by atoms with Crippen molar-refractivity contribution in [2.75, 3.05) is 5.32 Å². The number of H-pyrrole nitrogens is 1. The summed E-state index contributed by atoms with van der Waals surface area (Å²) in [5.41, 5.74) is 2.44. The first kappa shape index (κ1) is 14.6. The molecular formula is C16H11BrN6O. The maximum absolute atomic E-state index is 12.4. The highest BCUT2D eigenvalue weighted by molar-refractivity contribution is 9.10. The lowest BCUT2D eigenvalue weighted by Crippen LogP contribution is -2.12. The van der Waals surface area contributed by atoms with Crippen molar-refractivity contribution >= 4 is 38.4 Å². The number of nitrogens with one attached hydrogen (secondary N) is 2. The molecule has 2 N–H and O–H groups in total. The average molecular weight is 383 g/mol. The first-order valence-electron chi connectivity index (χ1n) is 7.13. The normalized spacial score (nSPS) is 10.9. The molecule has 4 aromatic rings. The molecule has 118 valence electrons. The largest absolute Gasteiger partial charge is 0.319 e. The van der Waals surface area contributed by atoms with Gasteiger partial charge in [-0.1, -0.05) is 29.5 Å². The van der Waals surface area contributed by atoms with Gasteiger partial charge in [0.1, 0.15) is 0 Å². The Labute approximate surface area is 144 Å². The van der Waals surface area contributed by atoms with E-state index >= 15 is 0 Å². The summed E-state index contributed by atoms with van der Waals surface area (Å²) in [4.78, 5) is 12.4. The van der Waals surface area contributed by atoms with Crippen molar-refractivity contribution in [2.45, 2.75) is 0 Å². The minimum Gasteiger partial charge on any atom is -0.319 e. The highest BCUT2D eigenvalue weighted by Crippen LogP contribution is 2.22. The lowest BCUT2D eigenvalue weighted by atomic mass is 10.2. The van der Waals surface area contributed by atoms with Gasteiger partial charge in [0.2, 0.25) is 0 Å². The van der Waals surface area contributed by atoms with Crippen molar-refractivity contribution in [3.05, 3.63) is 65.0 Å². The molecule has 0 aliphatic carbocycles. The van der Waals surface area contributed by atoms with Gasteiger partial charge in [-0.25, -0.2) is 4.68 Å². The van der Waals surface area contributed by atoms with Crippen LogP contribution in [0.15, 0.2) is 59.3 Å². The van der Waals surface area contributed by atoms with Gasteiger partial charge in [-0.15, -0.1) is 5.10 Å². The van der Waals surface area contributed by atoms with Crippen LogP contribution in [0.1, 0.15) is 10.5 Å². The standard InChI is InChI=1S/C16H11BrN6O/c17-11-5-1-2-7-14(11)23-9-13(20-22-23)16(24)19-12-6-3-4-10-8-18-21-15(10)12/h1-9H,(H,18,21)(H,19,24). The predicted molar refractivity (Wildman–Crippen MR) is 93.1 cm³/mol. The summed E-state index contributed by atoms with van der Waals surface area (Å²) >= 11 is 3.46. The first-order valence-corrected chi connectivity index (χ1v) is 7.92. The molecule has 0 aliphatic heterocycles. The van der Waals surface area contributed by atoms with Crippen LogP contribution in [0.25, 0.3) is 16.6 Å². The zero-order chi connectivity index (χ0) is 16.5. The van der Waals surface area contributed by atoms with Gasteiger partial charge in [0.15, 0.2) is 5.69 Å². The van der Waals surface area contributed by atoms with Crippen molar-refractivity contribution in [1.29, 1.82) is 0 Å². The molecular weight excluding hydrogens is 372 g/mol. The van der Waals surface area contributed by atoms with E-state index in [4.69, 9.17) is 0 Å². The lowest BCUT2D eigenvalue weighted by molar-refractivity contribution is 0.102. The third-order valence-corrected chi connectivity index (χ3v) is 4.22. The Morgan fingerprint density at radius 1 is 1.17 bits per heavy atom. The zero-order valence-corrected chi connectivity index (χ0v) is 13.9. The number of halogens is 1. The summed E-state index contributed by atoms with van der Waals surface area (Å²) < 4.78 is 2.42. The van der Waals surface area contributed by atoms with E-state index in [0.29, 0.717) is 5.69 Å². The van der Waals surface area contributed by atoms with Crippen molar-refractivity contribution in [3.8, 4) is 5.69 Å². The number of fused-ring (bicyclic) bond motifs is 1. The Kier molecular flexibility index (Phi) is 3.58. The number of para-hydroxylation sites is 2. The maximum Gasteiger partial charge on any atom is 0.277 e. The maximum atomic E-state index is 12.4. The van der Waals surface area contributed by atoms with Crippen LogP contribution in [-0.2, 0) is 0 Å². The summed E-state index contributed by atoms with van der Waals surface area (Å²) in [6.45, 7) is 0. The van der Waals surface area contributed by atoms with Gasteiger partial charge in [-0.05, 0) is 34.1 Å². The van der Waals surface area contributed by atoms with E-state index in [2.05, 4.69) is 41.8 Å². The van der Waals surface area contributed by atoms with Crippen molar-refractivity contribution in [3.63, 3.8) is 0 Å². The monoisotopic (exact) mass is 382 g/mol. The lowest BCUT2D eigenvalue weighted by Gasteiger charge is -2.04. The molecule has 0 bridgehead atoms. The number of aromatic amines is 1. The van der Waals surface area contributed by atoms with Crippen LogP contribution in [0.3, 0.4) is 0 Å². The third kappa shape index (κ3) is 2.56. The second kappa shape index (κ2) is 5.89. The highest BCUT2D eigenvalue weighted by atomic mass is 79.9. The molecule has 0 atom stereocenters. The molecule has 0 aliphatic rings. The Bertz CT molecular complexity index is 1040. The van der Waals surface area contributed by atoms with Gasteiger partial charge in [0, 0.05) is 9.86 Å². The molecule has 4 rings (SSSR count). The second-order valence-corrected chi connectivity index (χ2v) is 5.95. The smallest absolute Gasteiger partial charge is 0.277 e. The molecule has 24 heavy (non-hydrogen) atoms. The van der Waals surface area contributed by atoms with E-state index in [1.807, 2.05) is 36.4 Å². The summed E-state index contributed by atoms with van der Waals surface area (Å²) in [6, 6.07) is 13.1. The first-order chi connectivity index (χ1) is 11.7. The number of hydrogen-bond acceptors (Lipinski definition) is 4. The molecule has 2 aromatic heterocycles. The average Bonchev–Trinajstić information content (AvgIpc) is 3.25. The minimum atomic E-state index is -0.338. The van der Waals surface area contributed by atoms with Gasteiger partial charge in [0.05, 0.1) is 29.3 Å².